The zero-order valence-electron chi connectivity index (χ0n) is 15.4. The molecule has 0 saturated carbocycles. The van der Waals surface area contributed by atoms with E-state index in [0.29, 0.717) is 5.76 Å². The quantitative estimate of drug-likeness (QED) is 0.840. The van der Waals surface area contributed by atoms with Crippen LogP contribution in [0.25, 0.3) is 6.08 Å². The maximum Gasteiger partial charge on any atom is 0.265 e. The molecule has 2 unspecified atom stereocenters. The zero-order chi connectivity index (χ0) is 19.2. The lowest BCUT2D eigenvalue weighted by molar-refractivity contribution is -0.145. The van der Waals surface area contributed by atoms with Gasteiger partial charge in [0.1, 0.15) is 17.4 Å². The van der Waals surface area contributed by atoms with Gasteiger partial charge in [0, 0.05) is 12.0 Å². The number of hydrogen-bond donors (Lipinski definition) is 2. The minimum Gasteiger partial charge on any atom is -0.497 e. The first-order valence-corrected chi connectivity index (χ1v) is 8.51. The van der Waals surface area contributed by atoms with Crippen LogP contribution >= 0.6 is 0 Å². The van der Waals surface area contributed by atoms with Crippen molar-refractivity contribution in [1.29, 1.82) is 0 Å². The van der Waals surface area contributed by atoms with Crippen molar-refractivity contribution in [2.45, 2.75) is 39.5 Å². The number of carbonyl (C=O) groups excluding carboxylic acids is 1. The van der Waals surface area contributed by atoms with Crippen LogP contribution in [-0.4, -0.2) is 27.7 Å². The van der Waals surface area contributed by atoms with E-state index >= 15 is 0 Å². The van der Waals surface area contributed by atoms with Crippen LogP contribution in [0.5, 0.6) is 5.88 Å². The number of carbonyl (C=O) groups is 1. The molecule has 2 atom stereocenters. The van der Waals surface area contributed by atoms with Crippen molar-refractivity contribution in [1.82, 2.24) is 14.9 Å². The number of fused-ring (bicyclic) bond motifs is 2. The maximum absolute atomic E-state index is 13.3. The number of hydrogen-bond acceptors (Lipinski definition) is 6. The molecule has 2 aliphatic rings. The number of rotatable bonds is 3. The number of aliphatic hydroxyl groups is 1. The minimum atomic E-state index is -1.77. The second-order valence-electron chi connectivity index (χ2n) is 7.10. The average molecular weight is 361 g/mol. The summed E-state index contributed by atoms with van der Waals surface area (Å²) in [7, 11) is 1.48. The monoisotopic (exact) mass is 361 g/mol. The molecular formula is C18H23N3O5. The molecule has 140 valence electrons. The number of allylic oxidation sites excluding steroid dienone is 1. The van der Waals surface area contributed by atoms with Crippen LogP contribution in [0, 0.1) is 11.8 Å². The lowest BCUT2D eigenvalue weighted by atomic mass is 9.91. The zero-order valence-corrected chi connectivity index (χ0v) is 15.4. The fourth-order valence-corrected chi connectivity index (χ4v) is 3.19. The highest BCUT2D eigenvalue weighted by atomic mass is 16.5. The highest BCUT2D eigenvalue weighted by Crippen LogP contribution is 2.35. The molecule has 0 aliphatic carbocycles. The Morgan fingerprint density at radius 3 is 2.62 bits per heavy atom. The van der Waals surface area contributed by atoms with E-state index in [9.17, 15) is 14.7 Å². The standard InChI is InChI=1S/C18H23N3O5/c1-9(2)13-14(22)20-18(24,10(3)4)17-19-15-12(16(23)21(13)17)8-11(25-5)6-7-26-15/h6-10,13,24H,1-5H3,(H,20,22). The van der Waals surface area contributed by atoms with Gasteiger partial charge in [0.05, 0.1) is 13.4 Å². The van der Waals surface area contributed by atoms with Crippen molar-refractivity contribution in [3.63, 3.8) is 0 Å². The second kappa shape index (κ2) is 6.28. The summed E-state index contributed by atoms with van der Waals surface area (Å²) in [5, 5.41) is 13.7. The lowest BCUT2D eigenvalue weighted by Crippen LogP contribution is -2.61. The van der Waals surface area contributed by atoms with Crippen molar-refractivity contribution in [2.24, 2.45) is 11.8 Å². The van der Waals surface area contributed by atoms with Crippen molar-refractivity contribution < 1.29 is 19.4 Å². The summed E-state index contributed by atoms with van der Waals surface area (Å²) >= 11 is 0. The second-order valence-corrected chi connectivity index (χ2v) is 7.10. The van der Waals surface area contributed by atoms with E-state index in [4.69, 9.17) is 9.47 Å². The number of ether oxygens (including phenoxy) is 2. The number of nitrogens with zero attached hydrogens (tertiary/aromatic N) is 2. The molecule has 1 aromatic rings. The molecule has 3 heterocycles. The Morgan fingerprint density at radius 1 is 1.35 bits per heavy atom. The smallest absolute Gasteiger partial charge is 0.265 e. The summed E-state index contributed by atoms with van der Waals surface area (Å²) in [5.41, 5.74) is -2.07. The number of aromatic nitrogens is 2. The third-order valence-electron chi connectivity index (χ3n) is 4.72. The summed E-state index contributed by atoms with van der Waals surface area (Å²) in [6.07, 6.45) is 4.43. The molecule has 0 aromatic carbocycles. The first-order valence-electron chi connectivity index (χ1n) is 8.51. The van der Waals surface area contributed by atoms with Gasteiger partial charge in [-0.2, -0.15) is 4.98 Å². The first kappa shape index (κ1) is 18.2. The molecule has 2 N–H and O–H groups in total. The third-order valence-corrected chi connectivity index (χ3v) is 4.72. The van der Waals surface area contributed by atoms with Gasteiger partial charge in [-0.05, 0) is 12.0 Å². The molecule has 0 radical (unpaired) electrons. The molecule has 0 saturated heterocycles. The highest BCUT2D eigenvalue weighted by Gasteiger charge is 2.48. The average Bonchev–Trinajstić information content (AvgIpc) is 2.77. The van der Waals surface area contributed by atoms with Crippen molar-refractivity contribution >= 4 is 12.0 Å². The van der Waals surface area contributed by atoms with Gasteiger partial charge in [0.2, 0.25) is 11.8 Å². The van der Waals surface area contributed by atoms with Crippen LogP contribution in [0.3, 0.4) is 0 Å². The SMILES string of the molecule is COC1=Cc2c(nc3n(c2=O)C(C(C)C)C(=O)NC3(O)C(C)C)OC=C1. The van der Waals surface area contributed by atoms with E-state index in [-0.39, 0.29) is 23.2 Å². The molecule has 8 nitrogen and oxygen atoms in total. The minimum absolute atomic E-state index is 0.0577. The summed E-state index contributed by atoms with van der Waals surface area (Å²) in [4.78, 5) is 30.4. The van der Waals surface area contributed by atoms with E-state index in [1.54, 1.807) is 19.9 Å². The first-order chi connectivity index (χ1) is 12.2. The van der Waals surface area contributed by atoms with Crippen molar-refractivity contribution in [3.05, 3.63) is 39.8 Å². The maximum atomic E-state index is 13.3. The topological polar surface area (TPSA) is 103 Å². The summed E-state index contributed by atoms with van der Waals surface area (Å²) in [5.74, 6) is -0.472. The fourth-order valence-electron chi connectivity index (χ4n) is 3.19. The Morgan fingerprint density at radius 2 is 2.04 bits per heavy atom. The number of amides is 1. The Bertz CT molecular complexity index is 868. The molecule has 0 fully saturated rings. The molecule has 2 aliphatic heterocycles. The molecule has 8 heteroatoms. The number of methoxy groups -OCH3 is 1. The normalized spacial score (nSPS) is 24.4. The predicted octanol–water partition coefficient (Wildman–Crippen LogP) is 1.26. The van der Waals surface area contributed by atoms with E-state index in [1.165, 1.54) is 24.0 Å². The Labute approximate surface area is 151 Å². The van der Waals surface area contributed by atoms with Crippen LogP contribution < -0.4 is 15.6 Å². The van der Waals surface area contributed by atoms with Crippen LogP contribution in [0.15, 0.2) is 22.9 Å². The molecule has 3 rings (SSSR count). The van der Waals surface area contributed by atoms with E-state index in [0.717, 1.165) is 0 Å². The van der Waals surface area contributed by atoms with Gasteiger partial charge in [0.25, 0.3) is 5.56 Å². The summed E-state index contributed by atoms with van der Waals surface area (Å²) in [6.45, 7) is 7.14. The third kappa shape index (κ3) is 2.61. The van der Waals surface area contributed by atoms with E-state index in [1.807, 2.05) is 13.8 Å². The van der Waals surface area contributed by atoms with E-state index < -0.39 is 29.2 Å². The Balaban J connectivity index is 2.37. The van der Waals surface area contributed by atoms with Crippen LogP contribution in [-0.2, 0) is 15.3 Å². The van der Waals surface area contributed by atoms with Crippen molar-refractivity contribution in [3.8, 4) is 5.88 Å². The van der Waals surface area contributed by atoms with Crippen LogP contribution in [0.1, 0.15) is 45.1 Å². The predicted molar refractivity (Wildman–Crippen MR) is 94.0 cm³/mol. The largest absolute Gasteiger partial charge is 0.497 e. The van der Waals surface area contributed by atoms with Gasteiger partial charge < -0.3 is 19.9 Å². The van der Waals surface area contributed by atoms with Crippen LogP contribution in [0.2, 0.25) is 0 Å². The van der Waals surface area contributed by atoms with E-state index in [2.05, 4.69) is 10.3 Å². The van der Waals surface area contributed by atoms with Gasteiger partial charge >= 0.3 is 0 Å². The molecule has 1 amide bonds. The molecule has 0 spiro atoms. The molecular weight excluding hydrogens is 338 g/mol. The summed E-state index contributed by atoms with van der Waals surface area (Å²) in [6, 6.07) is -0.787. The Kier molecular flexibility index (Phi) is 4.39. The molecule has 0 bridgehead atoms. The number of nitrogens with one attached hydrogen (secondary N) is 1. The highest BCUT2D eigenvalue weighted by molar-refractivity contribution is 5.82. The molecule has 1 aromatic heterocycles. The summed E-state index contributed by atoms with van der Waals surface area (Å²) < 4.78 is 11.9. The van der Waals surface area contributed by atoms with Gasteiger partial charge in [0.15, 0.2) is 11.5 Å². The fraction of sp³-hybridized carbons (Fsp3) is 0.500. The Hall–Kier alpha value is -2.61. The lowest BCUT2D eigenvalue weighted by Gasteiger charge is -2.41. The van der Waals surface area contributed by atoms with Crippen LogP contribution in [0.4, 0.5) is 0 Å². The van der Waals surface area contributed by atoms with Gasteiger partial charge in [-0.1, -0.05) is 27.7 Å². The van der Waals surface area contributed by atoms with Gasteiger partial charge in [-0.15, -0.1) is 0 Å². The van der Waals surface area contributed by atoms with Gasteiger partial charge in [-0.25, -0.2) is 0 Å². The van der Waals surface area contributed by atoms with Gasteiger partial charge in [-0.3, -0.25) is 14.2 Å². The molecule has 26 heavy (non-hydrogen) atoms. The van der Waals surface area contributed by atoms with Crippen molar-refractivity contribution in [2.75, 3.05) is 7.11 Å².